The first-order valence-electron chi connectivity index (χ1n) is 1.02. The Bertz CT molecular complexity index is 47.7. The number of rotatable bonds is 0. The Labute approximate surface area is 99.7 Å². The second-order valence-electron chi connectivity index (χ2n) is 0.715. The summed E-state index contributed by atoms with van der Waals surface area (Å²) in [4.78, 5) is 7.01. The van der Waals surface area contributed by atoms with Gasteiger partial charge < -0.3 is 10.2 Å². The average molecular weight is 162 g/mol. The Morgan fingerprint density at radius 1 is 1.00 bits per heavy atom. The number of aliphatic hydroxyl groups is 2. The minimum atomic E-state index is -2.25. The summed E-state index contributed by atoms with van der Waals surface area (Å²) in [5.74, 6) is 0. The van der Waals surface area contributed by atoms with Crippen molar-refractivity contribution in [1.29, 1.82) is 0 Å². The van der Waals surface area contributed by atoms with Gasteiger partial charge in [0.15, 0.2) is 0 Å². The van der Waals surface area contributed by atoms with Gasteiger partial charge in [-0.05, 0) is 0 Å². The maximum absolute atomic E-state index is 7.74. The molecule has 0 unspecified atom stereocenters. The second-order valence-corrected chi connectivity index (χ2v) is 0.715. The molecule has 0 atom stereocenters. The fourth-order valence-electron chi connectivity index (χ4n) is 0.0373. The fourth-order valence-corrected chi connectivity index (χ4v) is 0.0373. The summed E-state index contributed by atoms with van der Waals surface area (Å²) in [5, 5.41) is 15.5. The van der Waals surface area contributed by atoms with Gasteiger partial charge in [0.1, 0.15) is 0 Å². The van der Waals surface area contributed by atoms with Gasteiger partial charge in [-0.25, -0.2) is 0 Å². The molecule has 0 bridgehead atoms. The Kier molecular flexibility index (Phi) is 7.28. The van der Waals surface area contributed by atoms with Crippen LogP contribution in [0.2, 0.25) is 0 Å². The van der Waals surface area contributed by atoms with Gasteiger partial charge in [0.05, 0.1) is 0 Å². The Balaban J connectivity index is 0. The Hall–Kier alpha value is 2.36. The molecule has 1 fully saturated rings. The summed E-state index contributed by atoms with van der Waals surface area (Å²) in [6, 6.07) is 0. The van der Waals surface area contributed by atoms with Crippen molar-refractivity contribution in [3.8, 4) is 0 Å². The first kappa shape index (κ1) is 12.1. The standard InChI is InChI=1S/CH2O4.2Ca.4H/c2-1(3)4-5-1;;;;;;/h2-3H;;;;;;. The van der Waals surface area contributed by atoms with Crippen LogP contribution in [0.15, 0.2) is 0 Å². The van der Waals surface area contributed by atoms with Crippen LogP contribution >= 0.6 is 0 Å². The molecule has 1 rings (SSSR count). The van der Waals surface area contributed by atoms with Crippen LogP contribution < -0.4 is 0 Å². The van der Waals surface area contributed by atoms with Crippen molar-refractivity contribution in [1.82, 2.24) is 0 Å². The van der Waals surface area contributed by atoms with Crippen molar-refractivity contribution in [3.05, 3.63) is 0 Å². The second kappa shape index (κ2) is 4.22. The molecular weight excluding hydrogens is 156 g/mol. The normalized spacial score (nSPS) is 21.4. The first-order chi connectivity index (χ1) is 2.21. The van der Waals surface area contributed by atoms with Crippen LogP contribution in [0.25, 0.3) is 0 Å². The molecule has 0 aromatic rings. The molecule has 7 heavy (non-hydrogen) atoms. The van der Waals surface area contributed by atoms with E-state index in [1.165, 1.54) is 0 Å². The molecule has 0 aromatic carbocycles. The van der Waals surface area contributed by atoms with Crippen molar-refractivity contribution in [2.75, 3.05) is 0 Å². The van der Waals surface area contributed by atoms with Crippen molar-refractivity contribution < 1.29 is 20.0 Å². The van der Waals surface area contributed by atoms with Crippen LogP contribution in [-0.4, -0.2) is 91.8 Å². The van der Waals surface area contributed by atoms with Gasteiger partial charge in [-0.1, -0.05) is 0 Å². The number of hydrogen-bond donors (Lipinski definition) is 2. The van der Waals surface area contributed by atoms with Gasteiger partial charge in [-0.2, -0.15) is 0 Å². The SMILES string of the molecule is OC1(O)OO1.[CaH2].[CaH2]. The third-order valence-electron chi connectivity index (χ3n) is 0.232. The van der Waals surface area contributed by atoms with Gasteiger partial charge in [-0.15, -0.1) is 9.78 Å². The summed E-state index contributed by atoms with van der Waals surface area (Å²) in [6.07, 6.45) is -2.25. The first-order valence-corrected chi connectivity index (χ1v) is 1.02. The van der Waals surface area contributed by atoms with Crippen LogP contribution in [0.1, 0.15) is 0 Å². The molecule has 2 N–H and O–H groups in total. The van der Waals surface area contributed by atoms with Crippen molar-refractivity contribution >= 4 is 75.5 Å². The summed E-state index contributed by atoms with van der Waals surface area (Å²) < 4.78 is 0. The van der Waals surface area contributed by atoms with E-state index in [2.05, 4.69) is 9.78 Å². The average Bonchev–Trinajstić information content (AvgIpc) is 1.76. The Morgan fingerprint density at radius 3 is 1.14 bits per heavy atom. The maximum atomic E-state index is 7.74. The van der Waals surface area contributed by atoms with E-state index >= 15 is 0 Å². The van der Waals surface area contributed by atoms with E-state index in [1.54, 1.807) is 0 Å². The molecule has 0 aliphatic carbocycles. The molecule has 1 aliphatic rings. The zero-order valence-corrected chi connectivity index (χ0v) is 2.21. The predicted molar refractivity (Wildman–Crippen MR) is 26.4 cm³/mol. The minimum absolute atomic E-state index is 0. The molecule has 38 valence electrons. The molecule has 0 spiro atoms. The summed E-state index contributed by atoms with van der Waals surface area (Å²) in [6.45, 7) is 0. The molecule has 6 heteroatoms. The summed E-state index contributed by atoms with van der Waals surface area (Å²) in [5.41, 5.74) is 0. The van der Waals surface area contributed by atoms with E-state index in [0.29, 0.717) is 0 Å². The van der Waals surface area contributed by atoms with Gasteiger partial charge in [0.25, 0.3) is 0 Å². The van der Waals surface area contributed by atoms with E-state index < -0.39 is 6.16 Å². The van der Waals surface area contributed by atoms with E-state index in [9.17, 15) is 0 Å². The quantitative estimate of drug-likeness (QED) is 0.170. The molecule has 4 nitrogen and oxygen atoms in total. The molecule has 1 saturated heterocycles. The molecule has 0 radical (unpaired) electrons. The van der Waals surface area contributed by atoms with Crippen LogP contribution in [-0.2, 0) is 9.78 Å². The monoisotopic (exact) mass is 162 g/mol. The van der Waals surface area contributed by atoms with Crippen LogP contribution in [0.5, 0.6) is 0 Å². The van der Waals surface area contributed by atoms with Crippen LogP contribution in [0.3, 0.4) is 0 Å². The zero-order chi connectivity index (χ0) is 3.91. The topological polar surface area (TPSA) is 65.5 Å². The van der Waals surface area contributed by atoms with E-state index in [1.807, 2.05) is 0 Å². The van der Waals surface area contributed by atoms with E-state index in [-0.39, 0.29) is 75.5 Å². The van der Waals surface area contributed by atoms with E-state index in [0.717, 1.165) is 0 Å². The van der Waals surface area contributed by atoms with Gasteiger partial charge in [-0.3, -0.25) is 0 Å². The van der Waals surface area contributed by atoms with Crippen LogP contribution in [0, 0.1) is 0 Å². The molecular formula is CH6Ca2O4. The summed E-state index contributed by atoms with van der Waals surface area (Å²) >= 11 is 0. The van der Waals surface area contributed by atoms with Crippen molar-refractivity contribution in [2.24, 2.45) is 0 Å². The van der Waals surface area contributed by atoms with Gasteiger partial charge >= 0.3 is 81.6 Å². The van der Waals surface area contributed by atoms with E-state index in [4.69, 9.17) is 10.2 Å². The third kappa shape index (κ3) is 6.24. The van der Waals surface area contributed by atoms with Crippen molar-refractivity contribution in [2.45, 2.75) is 6.16 Å². The third-order valence-corrected chi connectivity index (χ3v) is 0.232. The molecule has 0 saturated carbocycles. The molecule has 0 aromatic heterocycles. The molecule has 1 heterocycles. The molecule has 0 amide bonds. The fraction of sp³-hybridized carbons (Fsp3) is 1.00. The zero-order valence-electron chi connectivity index (χ0n) is 2.21. The molecule has 1 aliphatic heterocycles. The van der Waals surface area contributed by atoms with Crippen molar-refractivity contribution in [3.63, 3.8) is 0 Å². The summed E-state index contributed by atoms with van der Waals surface area (Å²) in [7, 11) is 0. The predicted octanol–water partition coefficient (Wildman–Crippen LogP) is -3.29. The van der Waals surface area contributed by atoms with Gasteiger partial charge in [0, 0.05) is 0 Å². The van der Waals surface area contributed by atoms with Gasteiger partial charge in [0.2, 0.25) is 0 Å². The van der Waals surface area contributed by atoms with Crippen LogP contribution in [0.4, 0.5) is 0 Å². The Morgan fingerprint density at radius 2 is 1.14 bits per heavy atom. The number of hydrogen-bond acceptors (Lipinski definition) is 4.